The Bertz CT molecular complexity index is 582. The normalized spacial score (nSPS) is 14.5. The van der Waals surface area contributed by atoms with Gasteiger partial charge >= 0.3 is 12.3 Å². The van der Waals surface area contributed by atoms with Crippen molar-refractivity contribution in [3.05, 3.63) is 18.2 Å². The number of nitrogens with one attached hydrogen (secondary N) is 1. The number of rotatable bonds is 6. The zero-order valence-corrected chi connectivity index (χ0v) is 12.4. The van der Waals surface area contributed by atoms with E-state index in [0.717, 1.165) is 0 Å². The summed E-state index contributed by atoms with van der Waals surface area (Å²) in [6.07, 6.45) is -3.47. The molecular weight excluding hydrogens is 320 g/mol. The molecule has 0 saturated heterocycles. The zero-order valence-electron chi connectivity index (χ0n) is 11.6. The predicted octanol–water partition coefficient (Wildman–Crippen LogP) is 2.24. The molecule has 22 heavy (non-hydrogen) atoms. The number of methoxy groups -OCH3 is 1. The number of amides is 1. The van der Waals surface area contributed by atoms with Gasteiger partial charge in [0.05, 0.1) is 19.3 Å². The zero-order chi connectivity index (χ0) is 16.2. The molecule has 1 amide bonds. The van der Waals surface area contributed by atoms with Gasteiger partial charge in [0.1, 0.15) is 0 Å². The monoisotopic (exact) mass is 333 g/mol. The number of anilines is 1. The summed E-state index contributed by atoms with van der Waals surface area (Å²) in [4.78, 5) is 22.6. The lowest BCUT2D eigenvalue weighted by Gasteiger charge is -2.06. The number of hydrogen-bond donors (Lipinski definition) is 1. The first-order chi connectivity index (χ1) is 10.4. The van der Waals surface area contributed by atoms with E-state index in [9.17, 15) is 18.4 Å². The molecule has 0 radical (unpaired) electrons. The summed E-state index contributed by atoms with van der Waals surface area (Å²) < 4.78 is 38.7. The van der Waals surface area contributed by atoms with E-state index in [1.165, 1.54) is 37.1 Å². The van der Waals surface area contributed by atoms with Gasteiger partial charge in [0, 0.05) is 17.5 Å². The molecule has 1 aliphatic rings. The Kier molecular flexibility index (Phi) is 5.07. The molecule has 0 saturated carbocycles. The van der Waals surface area contributed by atoms with E-state index in [4.69, 9.17) is 0 Å². The van der Waals surface area contributed by atoms with Crippen LogP contribution in [0.2, 0.25) is 0 Å². The SMILES string of the molecule is COC(=O)CCSCC(=O)Nc1ccc2c(c1)OC(F)(F)O2. The number of benzene rings is 1. The summed E-state index contributed by atoms with van der Waals surface area (Å²) in [5, 5.41) is 2.54. The fourth-order valence-electron chi connectivity index (χ4n) is 1.65. The average molecular weight is 333 g/mol. The van der Waals surface area contributed by atoms with E-state index < -0.39 is 6.29 Å². The lowest BCUT2D eigenvalue weighted by atomic mass is 10.3. The first-order valence-electron chi connectivity index (χ1n) is 6.24. The minimum atomic E-state index is -3.69. The van der Waals surface area contributed by atoms with Crippen molar-refractivity contribution in [2.45, 2.75) is 12.7 Å². The molecule has 0 unspecified atom stereocenters. The molecule has 1 heterocycles. The van der Waals surface area contributed by atoms with Gasteiger partial charge in [-0.15, -0.1) is 8.78 Å². The summed E-state index contributed by atoms with van der Waals surface area (Å²) >= 11 is 1.26. The summed E-state index contributed by atoms with van der Waals surface area (Å²) in [5.74, 6) is -0.309. The number of fused-ring (bicyclic) bond motifs is 1. The highest BCUT2D eigenvalue weighted by molar-refractivity contribution is 7.99. The van der Waals surface area contributed by atoms with E-state index in [-0.39, 0.29) is 35.5 Å². The Morgan fingerprint density at radius 1 is 1.32 bits per heavy atom. The molecule has 0 bridgehead atoms. The molecule has 120 valence electrons. The second-order valence-corrected chi connectivity index (χ2v) is 5.36. The average Bonchev–Trinajstić information content (AvgIpc) is 2.76. The largest absolute Gasteiger partial charge is 0.586 e. The quantitative estimate of drug-likeness (QED) is 0.636. The second kappa shape index (κ2) is 6.82. The molecule has 1 aliphatic heterocycles. The van der Waals surface area contributed by atoms with Gasteiger partial charge in [-0.05, 0) is 12.1 Å². The van der Waals surface area contributed by atoms with Crippen molar-refractivity contribution in [1.29, 1.82) is 0 Å². The molecule has 1 N–H and O–H groups in total. The van der Waals surface area contributed by atoms with Gasteiger partial charge in [0.15, 0.2) is 11.5 Å². The number of ether oxygens (including phenoxy) is 3. The molecule has 2 rings (SSSR count). The van der Waals surface area contributed by atoms with Crippen LogP contribution in [0.1, 0.15) is 6.42 Å². The van der Waals surface area contributed by atoms with Crippen molar-refractivity contribution in [3.63, 3.8) is 0 Å². The van der Waals surface area contributed by atoms with Gasteiger partial charge in [-0.1, -0.05) is 0 Å². The summed E-state index contributed by atoms with van der Waals surface area (Å²) in [6, 6.07) is 3.98. The standard InChI is InChI=1S/C13H13F2NO5S/c1-19-12(18)4-5-22-7-11(17)16-8-2-3-9-10(6-8)21-13(14,15)20-9/h2-3,6H,4-5,7H2,1H3,(H,16,17). The highest BCUT2D eigenvalue weighted by Gasteiger charge is 2.43. The van der Waals surface area contributed by atoms with E-state index in [1.807, 2.05) is 0 Å². The van der Waals surface area contributed by atoms with Gasteiger partial charge in [0.2, 0.25) is 5.91 Å². The molecule has 0 spiro atoms. The Morgan fingerprint density at radius 3 is 2.77 bits per heavy atom. The fraction of sp³-hybridized carbons (Fsp3) is 0.385. The topological polar surface area (TPSA) is 73.9 Å². The third kappa shape index (κ3) is 4.48. The van der Waals surface area contributed by atoms with Gasteiger partial charge in [-0.25, -0.2) is 0 Å². The lowest BCUT2D eigenvalue weighted by Crippen LogP contribution is -2.25. The van der Waals surface area contributed by atoms with Crippen LogP contribution in [0.25, 0.3) is 0 Å². The lowest BCUT2D eigenvalue weighted by molar-refractivity contribution is -0.286. The fourth-order valence-corrected chi connectivity index (χ4v) is 2.36. The first-order valence-corrected chi connectivity index (χ1v) is 7.39. The van der Waals surface area contributed by atoms with Gasteiger partial charge in [-0.2, -0.15) is 11.8 Å². The molecule has 1 aromatic rings. The number of alkyl halides is 2. The molecule has 1 aromatic carbocycles. The predicted molar refractivity (Wildman–Crippen MR) is 75.2 cm³/mol. The van der Waals surface area contributed by atoms with Gasteiger partial charge in [0.25, 0.3) is 0 Å². The molecule has 0 atom stereocenters. The summed E-state index contributed by atoms with van der Waals surface area (Å²) in [7, 11) is 1.29. The van der Waals surface area contributed by atoms with Crippen LogP contribution in [0.4, 0.5) is 14.5 Å². The molecule has 0 aromatic heterocycles. The third-order valence-electron chi connectivity index (χ3n) is 2.60. The number of hydrogen-bond acceptors (Lipinski definition) is 6. The van der Waals surface area contributed by atoms with E-state index in [0.29, 0.717) is 11.4 Å². The highest BCUT2D eigenvalue weighted by atomic mass is 32.2. The maximum atomic E-state index is 12.9. The van der Waals surface area contributed by atoms with Crippen LogP contribution >= 0.6 is 11.8 Å². The molecule has 0 aliphatic carbocycles. The van der Waals surface area contributed by atoms with Crippen molar-refractivity contribution in [1.82, 2.24) is 0 Å². The summed E-state index contributed by atoms with van der Waals surface area (Å²) in [6.45, 7) is 0. The number of halogens is 2. The summed E-state index contributed by atoms with van der Waals surface area (Å²) in [5.41, 5.74) is 0.318. The van der Waals surface area contributed by atoms with Crippen molar-refractivity contribution >= 4 is 29.3 Å². The number of carbonyl (C=O) groups is 2. The maximum Gasteiger partial charge on any atom is 0.586 e. The maximum absolute atomic E-state index is 12.9. The Morgan fingerprint density at radius 2 is 2.05 bits per heavy atom. The van der Waals surface area contributed by atoms with Crippen LogP contribution in [0.15, 0.2) is 18.2 Å². The minimum absolute atomic E-state index is 0.0875. The van der Waals surface area contributed by atoms with Crippen LogP contribution in [0.5, 0.6) is 11.5 Å². The van der Waals surface area contributed by atoms with Gasteiger partial charge < -0.3 is 19.5 Å². The molecule has 6 nitrogen and oxygen atoms in total. The van der Waals surface area contributed by atoms with E-state index in [2.05, 4.69) is 19.5 Å². The van der Waals surface area contributed by atoms with Crippen molar-refractivity contribution in [2.75, 3.05) is 23.9 Å². The Balaban J connectivity index is 1.80. The van der Waals surface area contributed by atoms with Crippen molar-refractivity contribution in [3.8, 4) is 11.5 Å². The first kappa shape index (κ1) is 16.3. The van der Waals surface area contributed by atoms with E-state index >= 15 is 0 Å². The number of thioether (sulfide) groups is 1. The van der Waals surface area contributed by atoms with Crippen molar-refractivity contribution < 1.29 is 32.6 Å². The smallest absolute Gasteiger partial charge is 0.469 e. The van der Waals surface area contributed by atoms with Crippen LogP contribution in [0, 0.1) is 0 Å². The molecule has 9 heteroatoms. The van der Waals surface area contributed by atoms with Crippen molar-refractivity contribution in [2.24, 2.45) is 0 Å². The number of carbonyl (C=O) groups excluding carboxylic acids is 2. The Labute approximate surface area is 129 Å². The highest BCUT2D eigenvalue weighted by Crippen LogP contribution is 2.42. The van der Waals surface area contributed by atoms with Crippen LogP contribution in [-0.2, 0) is 14.3 Å². The van der Waals surface area contributed by atoms with Crippen LogP contribution in [-0.4, -0.2) is 36.8 Å². The van der Waals surface area contributed by atoms with E-state index in [1.54, 1.807) is 0 Å². The van der Waals surface area contributed by atoms with Crippen LogP contribution in [0.3, 0.4) is 0 Å². The minimum Gasteiger partial charge on any atom is -0.469 e. The second-order valence-electron chi connectivity index (χ2n) is 4.26. The third-order valence-corrected chi connectivity index (χ3v) is 3.56. The molecular formula is C13H13F2NO5S. The number of esters is 1. The van der Waals surface area contributed by atoms with Gasteiger partial charge in [-0.3, -0.25) is 9.59 Å². The van der Waals surface area contributed by atoms with Crippen LogP contribution < -0.4 is 14.8 Å². The Hall–Kier alpha value is -2.03. The molecule has 0 fully saturated rings.